The van der Waals surface area contributed by atoms with Gasteiger partial charge in [-0.15, -0.1) is 6.42 Å². The van der Waals surface area contributed by atoms with Crippen LogP contribution in [-0.4, -0.2) is 163 Å². The third-order valence-corrected chi connectivity index (χ3v) is 14.6. The summed E-state index contributed by atoms with van der Waals surface area (Å²) in [6, 6.07) is 7.49. The zero-order chi connectivity index (χ0) is 54.6. The molecule has 0 aliphatic carbocycles. The normalized spacial score (nSPS) is 17.3. The highest BCUT2D eigenvalue weighted by atomic mass is 16.5. The van der Waals surface area contributed by atoms with E-state index in [9.17, 15) is 43.2 Å². The van der Waals surface area contributed by atoms with Gasteiger partial charge in [-0.3, -0.25) is 43.2 Å². The van der Waals surface area contributed by atoms with Gasteiger partial charge in [0.25, 0.3) is 5.91 Å². The van der Waals surface area contributed by atoms with Crippen LogP contribution in [-0.2, 0) is 63.8 Å². The number of likely N-dealkylation sites (tertiary alicyclic amines) is 1. The number of benzene rings is 1. The Kier molecular flexibility index (Phi) is 26.6. The first-order valence-electron chi connectivity index (χ1n) is 25.4. The number of amides is 4. The van der Waals surface area contributed by atoms with E-state index in [-0.39, 0.29) is 98.5 Å². The molecule has 17 nitrogen and oxygen atoms in total. The number of carboxylic acid groups (broad SMARTS) is 1. The van der Waals surface area contributed by atoms with Crippen molar-refractivity contribution in [3.8, 4) is 12.3 Å². The Labute approximate surface area is 428 Å². The van der Waals surface area contributed by atoms with E-state index in [0.29, 0.717) is 32.2 Å². The number of hydrogen-bond acceptors (Lipinski definition) is 12. The van der Waals surface area contributed by atoms with Crippen LogP contribution < -0.4 is 0 Å². The number of ether oxygens (including phenoxy) is 3. The first-order valence-corrected chi connectivity index (χ1v) is 25.4. The summed E-state index contributed by atoms with van der Waals surface area (Å²) in [7, 11) is 7.51. The lowest BCUT2D eigenvalue weighted by molar-refractivity contribution is -0.150. The molecule has 0 saturated carbocycles. The topological polar surface area (TPSA) is 215 Å². The molecule has 4 amide bonds. The highest BCUT2D eigenvalue weighted by Crippen LogP contribution is 2.32. The van der Waals surface area contributed by atoms with E-state index in [1.165, 1.54) is 33.3 Å². The number of terminal acetylenes is 1. The van der Waals surface area contributed by atoms with Crippen molar-refractivity contribution in [3.63, 3.8) is 0 Å². The molecule has 0 spiro atoms. The number of carbonyl (C=O) groups excluding carboxylic acids is 8. The molecule has 1 aromatic carbocycles. The van der Waals surface area contributed by atoms with Crippen molar-refractivity contribution in [3.05, 3.63) is 35.9 Å². The van der Waals surface area contributed by atoms with Crippen molar-refractivity contribution in [2.24, 2.45) is 41.4 Å². The molecule has 1 aromatic rings. The number of ketones is 3. The van der Waals surface area contributed by atoms with Gasteiger partial charge >= 0.3 is 11.9 Å². The molecule has 17 heteroatoms. The number of rotatable bonds is 32. The Morgan fingerprint density at radius 2 is 1.42 bits per heavy atom. The first-order chi connectivity index (χ1) is 33.9. The summed E-state index contributed by atoms with van der Waals surface area (Å²) in [6.07, 6.45) is 5.13. The van der Waals surface area contributed by atoms with Gasteiger partial charge in [-0.25, -0.2) is 0 Å². The fourth-order valence-electron chi connectivity index (χ4n) is 10.2. The van der Waals surface area contributed by atoms with Gasteiger partial charge in [-0.05, 0) is 48.5 Å². The molecule has 402 valence electrons. The number of hydrogen-bond donors (Lipinski definition) is 1. The van der Waals surface area contributed by atoms with Crippen molar-refractivity contribution in [2.75, 3.05) is 55.1 Å². The van der Waals surface area contributed by atoms with E-state index in [2.05, 4.69) is 0 Å². The van der Waals surface area contributed by atoms with Crippen molar-refractivity contribution < 1.29 is 62.5 Å². The number of carbonyl (C=O) groups is 9. The number of Topliss-reactive ketones (excluding diaryl/α,β-unsaturated/α-hetero) is 3. The molecule has 1 aliphatic heterocycles. The lowest BCUT2D eigenvalue weighted by atomic mass is 9.83. The van der Waals surface area contributed by atoms with Crippen LogP contribution in [0.25, 0.3) is 0 Å². The number of likely N-dealkylation sites (N-methyl/N-ethyl adjacent to an activating group) is 2. The second-order valence-electron chi connectivity index (χ2n) is 20.3. The van der Waals surface area contributed by atoms with Gasteiger partial charge in [-0.1, -0.05) is 92.1 Å². The van der Waals surface area contributed by atoms with Crippen LogP contribution in [0.2, 0.25) is 0 Å². The van der Waals surface area contributed by atoms with Gasteiger partial charge in [0.05, 0.1) is 56.2 Å². The van der Waals surface area contributed by atoms with Crippen molar-refractivity contribution in [1.29, 1.82) is 0 Å². The minimum atomic E-state index is -1.13. The molecular weight excluding hydrogens is 925 g/mol. The summed E-state index contributed by atoms with van der Waals surface area (Å²) in [5, 5.41) is 9.04. The van der Waals surface area contributed by atoms with E-state index in [4.69, 9.17) is 25.7 Å². The highest BCUT2D eigenvalue weighted by molar-refractivity contribution is 5.95. The van der Waals surface area contributed by atoms with Crippen LogP contribution >= 0.6 is 0 Å². The Hall–Kier alpha value is -5.47. The molecule has 0 unspecified atom stereocenters. The van der Waals surface area contributed by atoms with E-state index < -0.39 is 77.8 Å². The predicted molar refractivity (Wildman–Crippen MR) is 272 cm³/mol. The number of carboxylic acids is 1. The number of aliphatic carboxylic acids is 1. The minimum absolute atomic E-state index is 0.0517. The fourth-order valence-corrected chi connectivity index (χ4v) is 10.2. The van der Waals surface area contributed by atoms with Crippen LogP contribution in [0, 0.1) is 53.8 Å². The maximum absolute atomic E-state index is 14.7. The maximum Gasteiger partial charge on any atom is 0.309 e. The smallest absolute Gasteiger partial charge is 0.309 e. The Morgan fingerprint density at radius 3 is 1.94 bits per heavy atom. The first kappa shape index (κ1) is 62.6. The summed E-state index contributed by atoms with van der Waals surface area (Å²) in [5.41, 5.74) is 0.904. The Morgan fingerprint density at radius 1 is 0.792 bits per heavy atom. The molecule has 0 radical (unpaired) electrons. The summed E-state index contributed by atoms with van der Waals surface area (Å²) < 4.78 is 17.1. The van der Waals surface area contributed by atoms with Crippen LogP contribution in [0.15, 0.2) is 30.3 Å². The fraction of sp³-hybridized carbons (Fsp3) is 0.691. The average molecular weight is 1010 g/mol. The second kappa shape index (κ2) is 30.5. The largest absolute Gasteiger partial charge is 0.481 e. The van der Waals surface area contributed by atoms with Crippen LogP contribution in [0.5, 0.6) is 0 Å². The molecule has 1 heterocycles. The molecule has 1 aliphatic rings. The zero-order valence-electron chi connectivity index (χ0n) is 45.2. The van der Waals surface area contributed by atoms with Gasteiger partial charge in [0, 0.05) is 91.4 Å². The molecule has 72 heavy (non-hydrogen) atoms. The Bertz CT molecular complexity index is 2040. The molecule has 10 atom stereocenters. The lowest BCUT2D eigenvalue weighted by Crippen LogP contribution is -2.54. The molecular formula is C55H84N4O13. The van der Waals surface area contributed by atoms with Crippen molar-refractivity contribution in [2.45, 2.75) is 150 Å². The monoisotopic (exact) mass is 1010 g/mol. The quantitative estimate of drug-likeness (QED) is 0.0695. The number of nitrogens with zero attached hydrogens (tertiary/aromatic N) is 4. The molecule has 0 bridgehead atoms. The maximum atomic E-state index is 14.7. The summed E-state index contributed by atoms with van der Waals surface area (Å²) in [4.78, 5) is 126. The minimum Gasteiger partial charge on any atom is -0.481 e. The molecule has 0 aromatic heterocycles. The van der Waals surface area contributed by atoms with Gasteiger partial charge in [-0.2, -0.15) is 0 Å². The summed E-state index contributed by atoms with van der Waals surface area (Å²) in [6.45, 7) is 14.8. The summed E-state index contributed by atoms with van der Waals surface area (Å²) in [5.74, 6) is -5.97. The van der Waals surface area contributed by atoms with Gasteiger partial charge in [0.15, 0.2) is 5.78 Å². The van der Waals surface area contributed by atoms with Gasteiger partial charge < -0.3 is 38.9 Å². The SMILES string of the molecule is C#CC(=O)N(CCC(=O)O)CCC(=O)C[C@@H](C)C(=O)N(C)[C@H](C(=O)C[C@H](C(=O)N(C)[C@@H]([C@@H](C)CC)[C@@H](CC(=O)N1CCC[C@H]1[C@H](OC)[C@@H](C)C(=O)C[C@@H](Cc1ccccc1)C(=O)OC)OC)C(C)C)C(C)C. The van der Waals surface area contributed by atoms with Crippen molar-refractivity contribution >= 4 is 52.9 Å². The second-order valence-corrected chi connectivity index (χ2v) is 20.3. The molecule has 1 fully saturated rings. The number of esters is 1. The third kappa shape index (κ3) is 17.9. The molecule has 1 saturated heterocycles. The van der Waals surface area contributed by atoms with Crippen molar-refractivity contribution in [1.82, 2.24) is 19.6 Å². The van der Waals surface area contributed by atoms with E-state index in [0.717, 1.165) is 10.5 Å². The van der Waals surface area contributed by atoms with Crippen LogP contribution in [0.3, 0.4) is 0 Å². The average Bonchev–Trinajstić information content (AvgIpc) is 3.83. The van der Waals surface area contributed by atoms with Gasteiger partial charge in [0.2, 0.25) is 17.7 Å². The third-order valence-electron chi connectivity index (χ3n) is 14.6. The highest BCUT2D eigenvalue weighted by Gasteiger charge is 2.44. The standard InChI is InChI=1S/C55H84N4O13/c1-15-36(7)51(46(70-12)33-48(64)59-26-20-23-43(59)52(71-13)38(9)44(61)31-40(55(69)72-14)30-39-21-18-17-19-22-39)57(11)54(68)42(34(3)4)32-45(62)50(35(5)6)56(10)53(67)37(8)29-41(60)24-27-58(47(63)16-2)28-25-49(65)66/h2,17-19,21-22,34-38,40,42-43,46,50-52H,15,20,23-33H2,1,3-14H3,(H,65,66)/t36-,37+,38-,40+,42-,43-,46+,50-,51-,52+/m0/s1. The predicted octanol–water partition coefficient (Wildman–Crippen LogP) is 5.53. The van der Waals surface area contributed by atoms with E-state index in [1.807, 2.05) is 63.9 Å². The summed E-state index contributed by atoms with van der Waals surface area (Å²) >= 11 is 0. The molecule has 2 rings (SSSR count). The van der Waals surface area contributed by atoms with Crippen LogP contribution in [0.4, 0.5) is 0 Å². The lowest BCUT2D eigenvalue weighted by Gasteiger charge is -2.41. The van der Waals surface area contributed by atoms with E-state index in [1.54, 1.807) is 44.5 Å². The number of methoxy groups -OCH3 is 3. The zero-order valence-corrected chi connectivity index (χ0v) is 45.2. The Balaban J connectivity index is 2.27. The van der Waals surface area contributed by atoms with E-state index >= 15 is 0 Å². The molecule has 1 N–H and O–H groups in total. The van der Waals surface area contributed by atoms with Gasteiger partial charge in [0.1, 0.15) is 11.6 Å². The van der Waals surface area contributed by atoms with Crippen LogP contribution in [0.1, 0.15) is 119 Å².